The second kappa shape index (κ2) is 19.4. The Hall–Kier alpha value is -4.78. The Morgan fingerprint density at radius 2 is 0.946 bits per heavy atom. The molecule has 304 valence electrons. The minimum Gasteiger partial charge on any atom is -0.479 e. The van der Waals surface area contributed by atoms with Gasteiger partial charge in [-0.2, -0.15) is 9.97 Å². The van der Waals surface area contributed by atoms with Gasteiger partial charge in [0.05, 0.1) is 37.4 Å². The van der Waals surface area contributed by atoms with Crippen LogP contribution in [0.5, 0.6) is 11.8 Å². The predicted octanol–water partition coefficient (Wildman–Crippen LogP) is 4.75. The van der Waals surface area contributed by atoms with Crippen molar-refractivity contribution in [1.29, 1.82) is 0 Å². The van der Waals surface area contributed by atoms with Crippen LogP contribution in [0.4, 0.5) is 31.8 Å². The maximum atomic E-state index is 12.8. The number of halogens is 2. The lowest BCUT2D eigenvalue weighted by atomic mass is 10.0. The van der Waals surface area contributed by atoms with Crippen molar-refractivity contribution in [2.24, 2.45) is 0 Å². The molecule has 0 amide bonds. The van der Waals surface area contributed by atoms with Crippen LogP contribution in [-0.2, 0) is 20.0 Å². The van der Waals surface area contributed by atoms with Gasteiger partial charge in [0.1, 0.15) is 23.0 Å². The lowest BCUT2D eigenvalue weighted by Crippen LogP contribution is -2.43. The number of methoxy groups -OCH3 is 2. The SMILES string of the molecule is COc1nc(N2CCNCC2)ccc1NS(=O)(=O)c1ccc(C(C)CF)cc1.COc1nc(N2CCNCC2)ccc1NS(=O)(=O)c1ccc([C@@H](C)CF)cc1. The van der Waals surface area contributed by atoms with Crippen LogP contribution in [0.25, 0.3) is 0 Å². The summed E-state index contributed by atoms with van der Waals surface area (Å²) in [7, 11) is -4.73. The molecule has 14 nitrogen and oxygen atoms in total. The normalized spacial score (nSPS) is 15.9. The van der Waals surface area contributed by atoms with Gasteiger partial charge in [0.25, 0.3) is 20.0 Å². The molecule has 0 saturated carbocycles. The van der Waals surface area contributed by atoms with Crippen molar-refractivity contribution in [3.05, 3.63) is 83.9 Å². The highest BCUT2D eigenvalue weighted by Gasteiger charge is 2.22. The number of nitrogens with zero attached hydrogens (tertiary/aromatic N) is 4. The Bertz CT molecular complexity index is 1950. The Morgan fingerprint density at radius 1 is 0.607 bits per heavy atom. The van der Waals surface area contributed by atoms with Crippen LogP contribution in [0, 0.1) is 0 Å². The summed E-state index contributed by atoms with van der Waals surface area (Å²) in [5.74, 6) is 1.36. The minimum atomic E-state index is -3.82. The number of rotatable bonds is 14. The van der Waals surface area contributed by atoms with E-state index < -0.39 is 33.4 Å². The van der Waals surface area contributed by atoms with Gasteiger partial charge in [0.2, 0.25) is 11.8 Å². The van der Waals surface area contributed by atoms with Crippen molar-refractivity contribution in [3.8, 4) is 11.8 Å². The first kappa shape index (κ1) is 42.4. The molecule has 0 radical (unpaired) electrons. The predicted molar refractivity (Wildman–Crippen MR) is 215 cm³/mol. The summed E-state index contributed by atoms with van der Waals surface area (Å²) < 4.78 is 92.1. The van der Waals surface area contributed by atoms with Gasteiger partial charge in [-0.25, -0.2) is 16.8 Å². The number of sulfonamides is 2. The van der Waals surface area contributed by atoms with Gasteiger partial charge in [-0.1, -0.05) is 38.1 Å². The molecule has 4 N–H and O–H groups in total. The smallest absolute Gasteiger partial charge is 0.262 e. The summed E-state index contributed by atoms with van der Waals surface area (Å²) in [6.07, 6.45) is 0. The van der Waals surface area contributed by atoms with Crippen LogP contribution in [-0.4, -0.2) is 107 Å². The third-order valence-electron chi connectivity index (χ3n) is 9.43. The average Bonchev–Trinajstić information content (AvgIpc) is 3.24. The van der Waals surface area contributed by atoms with E-state index in [0.29, 0.717) is 0 Å². The Balaban J connectivity index is 0.000000214. The molecule has 0 aliphatic carbocycles. The van der Waals surface area contributed by atoms with Crippen LogP contribution >= 0.6 is 0 Å². The molecule has 56 heavy (non-hydrogen) atoms. The number of hydrogen-bond acceptors (Lipinski definition) is 12. The van der Waals surface area contributed by atoms with Gasteiger partial charge in [-0.3, -0.25) is 18.2 Å². The Labute approximate surface area is 328 Å². The Morgan fingerprint density at radius 3 is 1.25 bits per heavy atom. The Kier molecular flexibility index (Phi) is 14.7. The van der Waals surface area contributed by atoms with Crippen LogP contribution in [0.15, 0.2) is 82.6 Å². The molecule has 0 spiro atoms. The molecule has 2 fully saturated rings. The van der Waals surface area contributed by atoms with Crippen molar-refractivity contribution >= 4 is 43.1 Å². The monoisotopic (exact) mass is 816 g/mol. The van der Waals surface area contributed by atoms with Gasteiger partial charge in [-0.15, -0.1) is 0 Å². The van der Waals surface area contributed by atoms with E-state index in [1.54, 1.807) is 62.4 Å². The molecule has 2 aliphatic rings. The third kappa shape index (κ3) is 10.7. The maximum absolute atomic E-state index is 12.8. The quantitative estimate of drug-likeness (QED) is 0.138. The molecule has 6 rings (SSSR count). The molecule has 2 aromatic carbocycles. The highest BCUT2D eigenvalue weighted by molar-refractivity contribution is 7.93. The van der Waals surface area contributed by atoms with Gasteiger partial charge in [0.15, 0.2) is 0 Å². The van der Waals surface area contributed by atoms with Crippen LogP contribution < -0.4 is 39.4 Å². The first-order valence-electron chi connectivity index (χ1n) is 18.3. The molecule has 2 aromatic heterocycles. The molecule has 18 heteroatoms. The number of pyridine rings is 2. The zero-order valence-corrected chi connectivity index (χ0v) is 33.6. The number of hydrogen-bond donors (Lipinski definition) is 4. The molecule has 2 aliphatic heterocycles. The molecule has 2 saturated heterocycles. The molecule has 1 unspecified atom stereocenters. The summed E-state index contributed by atoms with van der Waals surface area (Å²) in [5.41, 5.74) is 2.03. The van der Waals surface area contributed by atoms with E-state index in [4.69, 9.17) is 9.47 Å². The fourth-order valence-electron chi connectivity index (χ4n) is 6.00. The maximum Gasteiger partial charge on any atom is 0.262 e. The van der Waals surface area contributed by atoms with E-state index in [1.807, 2.05) is 0 Å². The number of ether oxygens (including phenoxy) is 2. The van der Waals surface area contributed by atoms with E-state index in [-0.39, 0.29) is 44.8 Å². The van der Waals surface area contributed by atoms with E-state index in [9.17, 15) is 25.6 Å². The number of aromatic nitrogens is 2. The third-order valence-corrected chi connectivity index (χ3v) is 12.2. The van der Waals surface area contributed by atoms with E-state index >= 15 is 0 Å². The fourth-order valence-corrected chi connectivity index (χ4v) is 8.12. The van der Waals surface area contributed by atoms with Crippen molar-refractivity contribution in [2.75, 3.05) is 99.2 Å². The summed E-state index contributed by atoms with van der Waals surface area (Å²) in [5, 5.41) is 6.55. The molecule has 0 bridgehead atoms. The average molecular weight is 817 g/mol. The highest BCUT2D eigenvalue weighted by Crippen LogP contribution is 2.30. The topological polar surface area (TPSA) is 167 Å². The number of piperazine rings is 2. The highest BCUT2D eigenvalue weighted by atomic mass is 32.2. The van der Waals surface area contributed by atoms with E-state index in [2.05, 4.69) is 39.8 Å². The van der Waals surface area contributed by atoms with E-state index in [1.165, 1.54) is 38.5 Å². The second-order valence-electron chi connectivity index (χ2n) is 13.4. The number of anilines is 4. The van der Waals surface area contributed by atoms with Crippen LogP contribution in [0.3, 0.4) is 0 Å². The van der Waals surface area contributed by atoms with E-state index in [0.717, 1.165) is 75.1 Å². The first-order valence-corrected chi connectivity index (χ1v) is 21.2. The van der Waals surface area contributed by atoms with Gasteiger partial charge in [-0.05, 0) is 59.7 Å². The zero-order valence-electron chi connectivity index (χ0n) is 32.0. The molecular weight excluding hydrogens is 767 g/mol. The minimum absolute atomic E-state index is 0.0931. The molecule has 4 aromatic rings. The van der Waals surface area contributed by atoms with Crippen molar-refractivity contribution < 1.29 is 35.1 Å². The van der Waals surface area contributed by atoms with Gasteiger partial charge < -0.3 is 29.9 Å². The molecule has 2 atom stereocenters. The van der Waals surface area contributed by atoms with Gasteiger partial charge in [0, 0.05) is 64.2 Å². The first-order chi connectivity index (χ1) is 26.9. The number of nitrogens with one attached hydrogen (secondary N) is 4. The number of benzene rings is 2. The van der Waals surface area contributed by atoms with Crippen molar-refractivity contribution in [1.82, 2.24) is 20.6 Å². The summed E-state index contributed by atoms with van der Waals surface area (Å²) >= 11 is 0. The summed E-state index contributed by atoms with van der Waals surface area (Å²) in [6, 6.07) is 19.2. The fraction of sp³-hybridized carbons (Fsp3) is 0.421. The summed E-state index contributed by atoms with van der Waals surface area (Å²) in [4.78, 5) is 13.3. The lowest BCUT2D eigenvalue weighted by Gasteiger charge is -2.28. The van der Waals surface area contributed by atoms with Crippen molar-refractivity contribution in [2.45, 2.75) is 35.5 Å². The molecular formula is C38H50F2N8O6S2. The van der Waals surface area contributed by atoms with Crippen LogP contribution in [0.2, 0.25) is 0 Å². The number of alkyl halides is 2. The second-order valence-corrected chi connectivity index (χ2v) is 16.8. The van der Waals surface area contributed by atoms with Crippen LogP contribution in [0.1, 0.15) is 36.8 Å². The van der Waals surface area contributed by atoms with Gasteiger partial charge >= 0.3 is 0 Å². The van der Waals surface area contributed by atoms with Crippen molar-refractivity contribution in [3.63, 3.8) is 0 Å². The molecule has 4 heterocycles. The largest absolute Gasteiger partial charge is 0.479 e. The zero-order chi connectivity index (χ0) is 40.3. The lowest BCUT2D eigenvalue weighted by molar-refractivity contribution is 0.399. The standard InChI is InChI=1S/2C19H25FN4O3S/c2*1-14(13-20)15-3-5-16(6-4-15)28(25,26)23-17-7-8-18(22-19(17)27-2)24-11-9-21-10-12-24/h2*3-8,14,21,23H,9-13H2,1-2H3/t14-;/m0./s1. The summed E-state index contributed by atoms with van der Waals surface area (Å²) in [6.45, 7) is 9.29.